The number of unbranched alkanes of at least 4 members (excludes halogenated alkanes) is 1. The second kappa shape index (κ2) is 11.6. The smallest absolute Gasteiger partial charge is 0.218 e. The molecular weight excluding hydrogens is 379 g/mol. The highest BCUT2D eigenvalue weighted by Gasteiger charge is 2.06. The summed E-state index contributed by atoms with van der Waals surface area (Å²) in [7, 11) is 1.76. The van der Waals surface area contributed by atoms with Gasteiger partial charge in [-0.3, -0.25) is 4.99 Å². The SMILES string of the molecule is CCCCOc1ncccc1CNC(=NC)NC(C)C.I. The maximum absolute atomic E-state index is 5.71. The highest BCUT2D eigenvalue weighted by Crippen LogP contribution is 2.14. The van der Waals surface area contributed by atoms with Gasteiger partial charge >= 0.3 is 0 Å². The van der Waals surface area contributed by atoms with Crippen LogP contribution in [0.25, 0.3) is 0 Å². The van der Waals surface area contributed by atoms with Crippen molar-refractivity contribution >= 4 is 29.9 Å². The zero-order chi connectivity index (χ0) is 14.8. The topological polar surface area (TPSA) is 58.5 Å². The number of rotatable bonds is 7. The average molecular weight is 406 g/mol. The largest absolute Gasteiger partial charge is 0.477 e. The number of halogens is 1. The molecule has 0 aliphatic rings. The number of nitrogens with one attached hydrogen (secondary N) is 2. The summed E-state index contributed by atoms with van der Waals surface area (Å²) in [5, 5.41) is 6.52. The molecule has 0 saturated heterocycles. The summed E-state index contributed by atoms with van der Waals surface area (Å²) in [5.41, 5.74) is 1.04. The lowest BCUT2D eigenvalue weighted by atomic mass is 10.2. The van der Waals surface area contributed by atoms with Gasteiger partial charge in [-0.25, -0.2) is 4.98 Å². The van der Waals surface area contributed by atoms with E-state index in [1.54, 1.807) is 13.2 Å². The first-order valence-corrected chi connectivity index (χ1v) is 7.21. The van der Waals surface area contributed by atoms with Gasteiger partial charge in [-0.05, 0) is 26.3 Å². The Morgan fingerprint density at radius 3 is 2.81 bits per heavy atom. The lowest BCUT2D eigenvalue weighted by Gasteiger charge is -2.15. The molecule has 0 unspecified atom stereocenters. The third-order valence-corrected chi connectivity index (χ3v) is 2.68. The Morgan fingerprint density at radius 2 is 2.19 bits per heavy atom. The molecule has 1 rings (SSSR count). The van der Waals surface area contributed by atoms with E-state index in [0.717, 1.165) is 24.4 Å². The van der Waals surface area contributed by atoms with Gasteiger partial charge in [-0.2, -0.15) is 0 Å². The van der Waals surface area contributed by atoms with E-state index in [0.29, 0.717) is 25.1 Å². The molecule has 0 radical (unpaired) electrons. The third-order valence-electron chi connectivity index (χ3n) is 2.68. The van der Waals surface area contributed by atoms with Crippen molar-refractivity contribution in [1.82, 2.24) is 15.6 Å². The molecule has 1 heterocycles. The van der Waals surface area contributed by atoms with Crippen LogP contribution in [0.5, 0.6) is 5.88 Å². The number of pyridine rings is 1. The Labute approximate surface area is 145 Å². The molecule has 1 aromatic heterocycles. The molecule has 0 bridgehead atoms. The van der Waals surface area contributed by atoms with E-state index in [1.807, 2.05) is 12.1 Å². The van der Waals surface area contributed by atoms with Crippen molar-refractivity contribution in [2.45, 2.75) is 46.2 Å². The maximum atomic E-state index is 5.71. The van der Waals surface area contributed by atoms with Crippen molar-refractivity contribution in [2.75, 3.05) is 13.7 Å². The van der Waals surface area contributed by atoms with Gasteiger partial charge in [0, 0.05) is 31.4 Å². The zero-order valence-electron chi connectivity index (χ0n) is 13.3. The minimum Gasteiger partial charge on any atom is -0.477 e. The van der Waals surface area contributed by atoms with Crippen LogP contribution in [0, 0.1) is 0 Å². The van der Waals surface area contributed by atoms with Gasteiger partial charge < -0.3 is 15.4 Å². The molecule has 1 aromatic rings. The molecule has 21 heavy (non-hydrogen) atoms. The first-order chi connectivity index (χ1) is 9.67. The second-order valence-corrected chi connectivity index (χ2v) is 4.89. The van der Waals surface area contributed by atoms with Crippen LogP contribution < -0.4 is 15.4 Å². The van der Waals surface area contributed by atoms with Crippen molar-refractivity contribution in [3.63, 3.8) is 0 Å². The number of nitrogens with zero attached hydrogens (tertiary/aromatic N) is 2. The number of hydrogen-bond acceptors (Lipinski definition) is 3. The van der Waals surface area contributed by atoms with E-state index in [-0.39, 0.29) is 24.0 Å². The molecule has 6 heteroatoms. The third kappa shape index (κ3) is 8.08. The molecule has 120 valence electrons. The lowest BCUT2D eigenvalue weighted by molar-refractivity contribution is 0.294. The molecule has 0 atom stereocenters. The van der Waals surface area contributed by atoms with Crippen molar-refractivity contribution in [3.05, 3.63) is 23.9 Å². The Hall–Kier alpha value is -1.05. The van der Waals surface area contributed by atoms with Crippen LogP contribution in [0.2, 0.25) is 0 Å². The summed E-state index contributed by atoms with van der Waals surface area (Å²) in [6.45, 7) is 7.65. The fourth-order valence-corrected chi connectivity index (χ4v) is 1.65. The molecular formula is C15H27IN4O. The van der Waals surface area contributed by atoms with Gasteiger partial charge in [0.1, 0.15) is 0 Å². The summed E-state index contributed by atoms with van der Waals surface area (Å²) < 4.78 is 5.71. The van der Waals surface area contributed by atoms with Crippen molar-refractivity contribution in [2.24, 2.45) is 4.99 Å². The summed E-state index contributed by atoms with van der Waals surface area (Å²) >= 11 is 0. The van der Waals surface area contributed by atoms with Gasteiger partial charge in [0.05, 0.1) is 6.61 Å². The fourth-order valence-electron chi connectivity index (χ4n) is 1.65. The van der Waals surface area contributed by atoms with Crippen molar-refractivity contribution in [3.8, 4) is 5.88 Å². The van der Waals surface area contributed by atoms with E-state index in [4.69, 9.17) is 4.74 Å². The average Bonchev–Trinajstić information content (AvgIpc) is 2.44. The summed E-state index contributed by atoms with van der Waals surface area (Å²) in [5.74, 6) is 1.48. The Bertz CT molecular complexity index is 424. The van der Waals surface area contributed by atoms with Gasteiger partial charge in [0.25, 0.3) is 0 Å². The second-order valence-electron chi connectivity index (χ2n) is 4.89. The van der Waals surface area contributed by atoms with E-state index in [2.05, 4.69) is 41.4 Å². The molecule has 0 spiro atoms. The Balaban J connectivity index is 0.00000400. The summed E-state index contributed by atoms with van der Waals surface area (Å²) in [4.78, 5) is 8.47. The predicted octanol–water partition coefficient (Wildman–Crippen LogP) is 2.95. The fraction of sp³-hybridized carbons (Fsp3) is 0.600. The minimum absolute atomic E-state index is 0. The predicted molar refractivity (Wildman–Crippen MR) is 98.5 cm³/mol. The molecule has 0 aliphatic carbocycles. The first-order valence-electron chi connectivity index (χ1n) is 7.21. The molecule has 0 amide bonds. The van der Waals surface area contributed by atoms with Crippen LogP contribution in [0.1, 0.15) is 39.2 Å². The van der Waals surface area contributed by atoms with Crippen LogP contribution in [-0.2, 0) is 6.54 Å². The summed E-state index contributed by atoms with van der Waals surface area (Å²) in [6, 6.07) is 4.28. The van der Waals surface area contributed by atoms with Gasteiger partial charge in [0.2, 0.25) is 5.88 Å². The first kappa shape index (κ1) is 19.9. The van der Waals surface area contributed by atoms with E-state index >= 15 is 0 Å². The standard InChI is InChI=1S/C15H26N4O.HI/c1-5-6-10-20-14-13(8-7-9-17-14)11-18-15(16-4)19-12(2)3;/h7-9,12H,5-6,10-11H2,1-4H3,(H2,16,18,19);1H. The number of ether oxygens (including phenoxy) is 1. The zero-order valence-corrected chi connectivity index (χ0v) is 15.7. The Kier molecular flexibility index (Phi) is 11.0. The van der Waals surface area contributed by atoms with Gasteiger partial charge in [-0.15, -0.1) is 24.0 Å². The number of guanidine groups is 1. The van der Waals surface area contributed by atoms with Gasteiger partial charge in [0.15, 0.2) is 5.96 Å². The number of aromatic nitrogens is 1. The van der Waals surface area contributed by atoms with Crippen molar-refractivity contribution in [1.29, 1.82) is 0 Å². The normalized spacial score (nSPS) is 11.0. The van der Waals surface area contributed by atoms with E-state index in [1.165, 1.54) is 0 Å². The highest BCUT2D eigenvalue weighted by atomic mass is 127. The quantitative estimate of drug-likeness (QED) is 0.317. The maximum Gasteiger partial charge on any atom is 0.218 e. The minimum atomic E-state index is 0. The van der Waals surface area contributed by atoms with E-state index in [9.17, 15) is 0 Å². The van der Waals surface area contributed by atoms with Crippen LogP contribution in [0.15, 0.2) is 23.3 Å². The summed E-state index contributed by atoms with van der Waals surface area (Å²) in [6.07, 6.45) is 3.91. The molecule has 0 aromatic carbocycles. The number of hydrogen-bond donors (Lipinski definition) is 2. The van der Waals surface area contributed by atoms with Gasteiger partial charge in [-0.1, -0.05) is 19.4 Å². The molecule has 0 aliphatic heterocycles. The van der Waals surface area contributed by atoms with Crippen LogP contribution in [0.3, 0.4) is 0 Å². The molecule has 0 fully saturated rings. The lowest BCUT2D eigenvalue weighted by Crippen LogP contribution is -2.40. The van der Waals surface area contributed by atoms with Crippen molar-refractivity contribution < 1.29 is 4.74 Å². The van der Waals surface area contributed by atoms with E-state index < -0.39 is 0 Å². The molecule has 0 saturated carbocycles. The monoisotopic (exact) mass is 406 g/mol. The highest BCUT2D eigenvalue weighted by molar-refractivity contribution is 14.0. The number of aliphatic imine (C=N–C) groups is 1. The van der Waals surface area contributed by atoms with Crippen LogP contribution in [-0.4, -0.2) is 30.6 Å². The molecule has 2 N–H and O–H groups in total. The molecule has 5 nitrogen and oxygen atoms in total. The van der Waals surface area contributed by atoms with Crippen LogP contribution >= 0.6 is 24.0 Å². The van der Waals surface area contributed by atoms with Crippen LogP contribution in [0.4, 0.5) is 0 Å². The Morgan fingerprint density at radius 1 is 1.43 bits per heavy atom.